The number of halogens is 1. The SMILES string of the molecule is O=C(C1Cc2cc(Cl)ccc2N1)N1CCOc2ccc(CO)cc2C1. The van der Waals surface area contributed by atoms with Gasteiger partial charge in [0.25, 0.3) is 0 Å². The van der Waals surface area contributed by atoms with E-state index >= 15 is 0 Å². The van der Waals surface area contributed by atoms with Crippen molar-refractivity contribution < 1.29 is 14.6 Å². The summed E-state index contributed by atoms with van der Waals surface area (Å²) >= 11 is 6.05. The van der Waals surface area contributed by atoms with Gasteiger partial charge in [0, 0.05) is 29.2 Å². The van der Waals surface area contributed by atoms with Crippen LogP contribution in [0.4, 0.5) is 5.69 Å². The number of nitrogens with zero attached hydrogens (tertiary/aromatic N) is 1. The number of aliphatic hydroxyl groups excluding tert-OH is 1. The summed E-state index contributed by atoms with van der Waals surface area (Å²) in [6, 6.07) is 11.0. The van der Waals surface area contributed by atoms with Crippen LogP contribution in [0, 0.1) is 0 Å². The first-order valence-electron chi connectivity index (χ1n) is 8.33. The lowest BCUT2D eigenvalue weighted by molar-refractivity contribution is -0.132. The fourth-order valence-corrected chi connectivity index (χ4v) is 3.63. The Bertz CT molecular complexity index is 824. The van der Waals surface area contributed by atoms with E-state index in [2.05, 4.69) is 5.32 Å². The number of amides is 1. The van der Waals surface area contributed by atoms with Crippen LogP contribution in [0.1, 0.15) is 16.7 Å². The van der Waals surface area contributed by atoms with Crippen LogP contribution in [0.3, 0.4) is 0 Å². The van der Waals surface area contributed by atoms with Crippen LogP contribution in [-0.4, -0.2) is 35.1 Å². The zero-order chi connectivity index (χ0) is 17.4. The summed E-state index contributed by atoms with van der Waals surface area (Å²) in [6.45, 7) is 1.46. The van der Waals surface area contributed by atoms with Crippen molar-refractivity contribution in [3.63, 3.8) is 0 Å². The number of aliphatic hydroxyl groups is 1. The molecular formula is C19H19ClN2O3. The van der Waals surface area contributed by atoms with Crippen LogP contribution >= 0.6 is 11.6 Å². The van der Waals surface area contributed by atoms with Gasteiger partial charge in [-0.25, -0.2) is 0 Å². The van der Waals surface area contributed by atoms with E-state index in [1.54, 1.807) is 0 Å². The van der Waals surface area contributed by atoms with Crippen molar-refractivity contribution in [3.8, 4) is 5.75 Å². The molecule has 0 radical (unpaired) electrons. The van der Waals surface area contributed by atoms with Gasteiger partial charge in [-0.05, 0) is 41.5 Å². The maximum Gasteiger partial charge on any atom is 0.245 e. The predicted octanol–water partition coefficient (Wildman–Crippen LogP) is 2.59. The standard InChI is InChI=1S/C19H19ClN2O3/c20-15-2-3-16-13(8-15)9-17(21-16)19(24)22-5-6-25-18-4-1-12(11-23)7-14(18)10-22/h1-4,7-8,17,21,23H,5-6,9-11H2. The Morgan fingerprint density at radius 1 is 1.28 bits per heavy atom. The molecule has 2 aromatic rings. The number of hydrogen-bond acceptors (Lipinski definition) is 4. The number of nitrogens with one attached hydrogen (secondary N) is 1. The van der Waals surface area contributed by atoms with Gasteiger partial charge in [0.2, 0.25) is 5.91 Å². The van der Waals surface area contributed by atoms with Gasteiger partial charge in [0.15, 0.2) is 0 Å². The van der Waals surface area contributed by atoms with Gasteiger partial charge < -0.3 is 20.1 Å². The molecule has 2 heterocycles. The van der Waals surface area contributed by atoms with Crippen LogP contribution in [-0.2, 0) is 24.4 Å². The molecule has 2 aliphatic heterocycles. The van der Waals surface area contributed by atoms with E-state index in [1.165, 1.54) is 0 Å². The van der Waals surface area contributed by atoms with E-state index in [9.17, 15) is 9.90 Å². The quantitative estimate of drug-likeness (QED) is 0.866. The van der Waals surface area contributed by atoms with Crippen molar-refractivity contribution in [1.29, 1.82) is 0 Å². The van der Waals surface area contributed by atoms with Gasteiger partial charge in [-0.15, -0.1) is 0 Å². The van der Waals surface area contributed by atoms with Crippen molar-refractivity contribution in [2.75, 3.05) is 18.5 Å². The molecule has 1 unspecified atom stereocenters. The molecule has 2 aliphatic rings. The Hall–Kier alpha value is -2.24. The Morgan fingerprint density at radius 2 is 2.16 bits per heavy atom. The van der Waals surface area contributed by atoms with Gasteiger partial charge in [0.05, 0.1) is 13.2 Å². The Morgan fingerprint density at radius 3 is 3.00 bits per heavy atom. The first-order chi connectivity index (χ1) is 12.1. The monoisotopic (exact) mass is 358 g/mol. The zero-order valence-corrected chi connectivity index (χ0v) is 14.4. The van der Waals surface area contributed by atoms with Crippen molar-refractivity contribution in [2.24, 2.45) is 0 Å². The van der Waals surface area contributed by atoms with E-state index in [-0.39, 0.29) is 18.6 Å². The number of hydrogen-bond donors (Lipinski definition) is 2. The molecule has 6 heteroatoms. The fourth-order valence-electron chi connectivity index (χ4n) is 3.43. The third-order valence-electron chi connectivity index (χ3n) is 4.72. The maximum absolute atomic E-state index is 13.0. The van der Waals surface area contributed by atoms with Crippen LogP contribution in [0.5, 0.6) is 5.75 Å². The second-order valence-corrected chi connectivity index (χ2v) is 6.85. The highest BCUT2D eigenvalue weighted by atomic mass is 35.5. The van der Waals surface area contributed by atoms with Crippen molar-refractivity contribution in [3.05, 3.63) is 58.1 Å². The molecule has 2 aromatic carbocycles. The minimum atomic E-state index is -0.281. The van der Waals surface area contributed by atoms with Crippen molar-refractivity contribution >= 4 is 23.2 Å². The third-order valence-corrected chi connectivity index (χ3v) is 4.95. The average molecular weight is 359 g/mol. The summed E-state index contributed by atoms with van der Waals surface area (Å²) in [5.74, 6) is 0.833. The zero-order valence-electron chi connectivity index (χ0n) is 13.7. The topological polar surface area (TPSA) is 61.8 Å². The van der Waals surface area contributed by atoms with Gasteiger partial charge in [0.1, 0.15) is 18.4 Å². The number of rotatable bonds is 2. The van der Waals surface area contributed by atoms with Gasteiger partial charge in [-0.2, -0.15) is 0 Å². The Balaban J connectivity index is 1.53. The van der Waals surface area contributed by atoms with Gasteiger partial charge in [-0.3, -0.25) is 4.79 Å². The summed E-state index contributed by atoms with van der Waals surface area (Å²) in [6.07, 6.45) is 0.635. The molecule has 25 heavy (non-hydrogen) atoms. The number of carbonyl (C=O) groups excluding carboxylic acids is 1. The molecule has 0 saturated heterocycles. The summed E-state index contributed by atoms with van der Waals surface area (Å²) < 4.78 is 5.76. The van der Waals surface area contributed by atoms with E-state index in [4.69, 9.17) is 16.3 Å². The first kappa shape index (κ1) is 16.2. The molecule has 0 aromatic heterocycles. The molecule has 4 rings (SSSR count). The highest BCUT2D eigenvalue weighted by Gasteiger charge is 2.31. The molecule has 1 amide bonds. The molecule has 0 fully saturated rings. The lowest BCUT2D eigenvalue weighted by atomic mass is 10.1. The summed E-state index contributed by atoms with van der Waals surface area (Å²) in [7, 11) is 0. The molecule has 0 spiro atoms. The smallest absolute Gasteiger partial charge is 0.245 e. The molecule has 5 nitrogen and oxygen atoms in total. The number of benzene rings is 2. The Labute approximate surface area is 151 Å². The lowest BCUT2D eigenvalue weighted by Crippen LogP contribution is -2.42. The normalized spacial score (nSPS) is 18.6. The van der Waals surface area contributed by atoms with Gasteiger partial charge >= 0.3 is 0 Å². The average Bonchev–Trinajstić information content (AvgIpc) is 2.92. The highest BCUT2D eigenvalue weighted by molar-refractivity contribution is 6.30. The highest BCUT2D eigenvalue weighted by Crippen LogP contribution is 2.30. The van der Waals surface area contributed by atoms with Crippen molar-refractivity contribution in [1.82, 2.24) is 4.90 Å². The van der Waals surface area contributed by atoms with Crippen LogP contribution in [0.15, 0.2) is 36.4 Å². The molecule has 0 aliphatic carbocycles. The number of ether oxygens (including phenoxy) is 1. The second kappa shape index (κ2) is 6.58. The number of anilines is 1. The van der Waals surface area contributed by atoms with E-state index in [0.29, 0.717) is 31.1 Å². The summed E-state index contributed by atoms with van der Waals surface area (Å²) in [4.78, 5) is 14.8. The molecule has 2 N–H and O–H groups in total. The van der Waals surface area contributed by atoms with Crippen molar-refractivity contribution in [2.45, 2.75) is 25.6 Å². The second-order valence-electron chi connectivity index (χ2n) is 6.41. The summed E-state index contributed by atoms with van der Waals surface area (Å²) in [5.41, 5.74) is 3.78. The largest absolute Gasteiger partial charge is 0.491 e. The fraction of sp³-hybridized carbons (Fsp3) is 0.316. The van der Waals surface area contributed by atoms with Crippen LogP contribution in [0.25, 0.3) is 0 Å². The minimum absolute atomic E-state index is 0.0263. The molecule has 0 saturated carbocycles. The van der Waals surface area contributed by atoms with E-state index < -0.39 is 0 Å². The van der Waals surface area contributed by atoms with E-state index in [1.807, 2.05) is 41.3 Å². The molecule has 0 bridgehead atoms. The number of carbonyl (C=O) groups is 1. The molecular weight excluding hydrogens is 340 g/mol. The van der Waals surface area contributed by atoms with Gasteiger partial charge in [-0.1, -0.05) is 17.7 Å². The predicted molar refractivity (Wildman–Crippen MR) is 95.8 cm³/mol. The van der Waals surface area contributed by atoms with E-state index in [0.717, 1.165) is 28.1 Å². The minimum Gasteiger partial charge on any atom is -0.491 e. The number of fused-ring (bicyclic) bond motifs is 2. The Kier molecular flexibility index (Phi) is 4.27. The maximum atomic E-state index is 13.0. The van der Waals surface area contributed by atoms with Crippen LogP contribution in [0.2, 0.25) is 5.02 Å². The molecule has 1 atom stereocenters. The molecule has 130 valence electrons. The third kappa shape index (κ3) is 3.17. The summed E-state index contributed by atoms with van der Waals surface area (Å²) in [5, 5.41) is 13.3. The first-order valence-corrected chi connectivity index (χ1v) is 8.71. The lowest BCUT2D eigenvalue weighted by Gasteiger charge is -2.23. The van der Waals surface area contributed by atoms with Crippen LogP contribution < -0.4 is 10.1 Å².